The van der Waals surface area contributed by atoms with Gasteiger partial charge in [0.15, 0.2) is 0 Å². The summed E-state index contributed by atoms with van der Waals surface area (Å²) in [5, 5.41) is 10.5. The molecular weight excluding hydrogens is 410 g/mol. The Hall–Kier alpha value is -2.36. The average Bonchev–Trinajstić information content (AvgIpc) is 3.07. The summed E-state index contributed by atoms with van der Waals surface area (Å²) in [5.74, 6) is -1.80. The number of nitrogens with zero attached hydrogens (tertiary/aromatic N) is 4. The number of carbonyl (C=O) groups is 1. The van der Waals surface area contributed by atoms with Gasteiger partial charge in [0.1, 0.15) is 11.9 Å². The second kappa shape index (κ2) is 8.41. The van der Waals surface area contributed by atoms with Crippen LogP contribution in [0.4, 0.5) is 26.0 Å². The average molecular weight is 439 g/mol. The smallest absolute Gasteiger partial charge is 0.248 e. The third kappa shape index (κ3) is 4.38. The van der Waals surface area contributed by atoms with E-state index in [2.05, 4.69) is 20.7 Å². The van der Waals surface area contributed by atoms with Gasteiger partial charge in [-0.15, -0.1) is 0 Å². The Morgan fingerprint density at radius 2 is 2.10 bits per heavy atom. The molecule has 0 spiro atoms. The van der Waals surface area contributed by atoms with Crippen molar-refractivity contribution in [3.8, 4) is 0 Å². The van der Waals surface area contributed by atoms with Crippen LogP contribution in [0.25, 0.3) is 0 Å². The molecule has 1 aliphatic carbocycles. The number of carbonyl (C=O) groups excluding carboxylic acids is 1. The second-order valence-corrected chi connectivity index (χ2v) is 8.07. The van der Waals surface area contributed by atoms with E-state index in [-0.39, 0.29) is 44.2 Å². The number of aromatic nitrogens is 3. The van der Waals surface area contributed by atoms with Crippen molar-refractivity contribution in [2.45, 2.75) is 58.2 Å². The zero-order valence-corrected chi connectivity index (χ0v) is 18.4. The summed E-state index contributed by atoms with van der Waals surface area (Å²) in [4.78, 5) is 18.8. The number of hydrogen-bond acceptors (Lipinski definition) is 5. The summed E-state index contributed by atoms with van der Waals surface area (Å²) in [6.07, 6.45) is 4.24. The number of alkyl halides is 2. The van der Waals surface area contributed by atoms with Crippen LogP contribution >= 0.6 is 13.5 Å². The highest BCUT2D eigenvalue weighted by Crippen LogP contribution is 2.43. The van der Waals surface area contributed by atoms with Gasteiger partial charge in [0.25, 0.3) is 0 Å². The van der Waals surface area contributed by atoms with Gasteiger partial charge in [0, 0.05) is 50.8 Å². The molecule has 10 heteroatoms. The molecule has 30 heavy (non-hydrogen) atoms. The molecule has 4 rings (SSSR count). The van der Waals surface area contributed by atoms with Gasteiger partial charge in [-0.1, -0.05) is 6.92 Å². The van der Waals surface area contributed by atoms with E-state index in [0.717, 1.165) is 29.1 Å². The first-order chi connectivity index (χ1) is 13.8. The molecule has 3 heterocycles. The topological polar surface area (TPSA) is 75.1 Å². The molecule has 0 bridgehead atoms. The van der Waals surface area contributed by atoms with E-state index in [0.29, 0.717) is 18.9 Å². The number of likely N-dealkylation sites (N-methyl/N-ethyl adjacent to an activating group) is 1. The molecule has 1 atom stereocenters. The second-order valence-electron chi connectivity index (χ2n) is 8.07. The van der Waals surface area contributed by atoms with Crippen LogP contribution in [-0.2, 0) is 17.9 Å². The zero-order valence-electron chi connectivity index (χ0n) is 17.4. The van der Waals surface area contributed by atoms with Crippen LogP contribution in [0.15, 0.2) is 18.5 Å². The number of anilines is 3. The summed E-state index contributed by atoms with van der Waals surface area (Å²) in [5.41, 5.74) is 3.40. The molecule has 1 saturated carbocycles. The van der Waals surface area contributed by atoms with Gasteiger partial charge >= 0.3 is 0 Å². The molecule has 0 aromatic carbocycles. The molecule has 1 amide bonds. The normalized spacial score (nSPS) is 20.1. The Kier molecular flexibility index (Phi) is 6.26. The molecule has 164 valence electrons. The molecule has 7 nitrogen and oxygen atoms in total. The van der Waals surface area contributed by atoms with Crippen molar-refractivity contribution in [3.05, 3.63) is 29.7 Å². The minimum absolute atomic E-state index is 0. The van der Waals surface area contributed by atoms with Gasteiger partial charge in [-0.05, 0) is 19.3 Å². The van der Waals surface area contributed by atoms with E-state index in [1.54, 1.807) is 10.9 Å². The van der Waals surface area contributed by atoms with E-state index >= 15 is 0 Å². The molecule has 2 N–H and O–H groups in total. The van der Waals surface area contributed by atoms with E-state index in [9.17, 15) is 13.6 Å². The lowest BCUT2D eigenvalue weighted by molar-refractivity contribution is -0.117. The van der Waals surface area contributed by atoms with Crippen LogP contribution in [0.5, 0.6) is 0 Å². The summed E-state index contributed by atoms with van der Waals surface area (Å²) in [6, 6.07) is 1.74. The monoisotopic (exact) mass is 438 g/mol. The van der Waals surface area contributed by atoms with E-state index < -0.39 is 5.92 Å². The lowest BCUT2D eigenvalue weighted by Gasteiger charge is -2.35. The molecule has 0 radical (unpaired) electrons. The first kappa shape index (κ1) is 22.3. The van der Waals surface area contributed by atoms with Crippen molar-refractivity contribution in [3.63, 3.8) is 0 Å². The fourth-order valence-corrected chi connectivity index (χ4v) is 4.16. The minimum atomic E-state index is -2.50. The molecule has 1 aliphatic heterocycles. The number of amides is 1. The standard InChI is InChI=1S/C20H26F2N6O.H2S/c1-4-15-19(29)26-18-12(2)25-17(5-16(18)27(15)3)23-8-14-9-24-28(11-14)10-13-6-20(21,22)7-13;/h5,9,11,13,15H,4,6-8,10H2,1-3H3,(H,23,25)(H,26,29);1H2/t15-;/m0./s1. The first-order valence-electron chi connectivity index (χ1n) is 9.94. The number of rotatable bonds is 6. The van der Waals surface area contributed by atoms with Gasteiger partial charge in [0.2, 0.25) is 11.8 Å². The highest BCUT2D eigenvalue weighted by molar-refractivity contribution is 7.59. The fraction of sp³-hybridized carbons (Fsp3) is 0.550. The third-order valence-electron chi connectivity index (χ3n) is 5.74. The summed E-state index contributed by atoms with van der Waals surface area (Å²) in [7, 11) is 1.92. The summed E-state index contributed by atoms with van der Waals surface area (Å²) < 4.78 is 27.7. The van der Waals surface area contributed by atoms with E-state index in [1.807, 2.05) is 38.1 Å². The zero-order chi connectivity index (χ0) is 20.8. The molecule has 2 aromatic rings. The number of halogens is 2. The number of aryl methyl sites for hydroxylation is 1. The van der Waals surface area contributed by atoms with Crippen molar-refractivity contribution in [1.82, 2.24) is 14.8 Å². The van der Waals surface area contributed by atoms with E-state index in [4.69, 9.17) is 0 Å². The fourth-order valence-electron chi connectivity index (χ4n) is 4.16. The van der Waals surface area contributed by atoms with Crippen LogP contribution in [-0.4, -0.2) is 39.7 Å². The Balaban J connectivity index is 0.00000256. The first-order valence-corrected chi connectivity index (χ1v) is 9.94. The Morgan fingerprint density at radius 3 is 2.77 bits per heavy atom. The SMILES string of the molecule is CC[C@H]1C(=O)Nc2c(cc(NCc3cnn(CC4CC(F)(F)C4)c3)nc2C)N1C.S. The van der Waals surface area contributed by atoms with Gasteiger partial charge in [-0.2, -0.15) is 18.6 Å². The van der Waals surface area contributed by atoms with Gasteiger partial charge < -0.3 is 15.5 Å². The van der Waals surface area contributed by atoms with Crippen molar-refractivity contribution >= 4 is 36.6 Å². The Labute approximate surface area is 181 Å². The number of nitrogens with one attached hydrogen (secondary N) is 2. The molecule has 0 saturated heterocycles. The van der Waals surface area contributed by atoms with Crippen molar-refractivity contribution in [2.24, 2.45) is 5.92 Å². The Morgan fingerprint density at radius 1 is 1.37 bits per heavy atom. The largest absolute Gasteiger partial charge is 0.366 e. The lowest BCUT2D eigenvalue weighted by atomic mass is 9.81. The van der Waals surface area contributed by atoms with Crippen molar-refractivity contribution < 1.29 is 13.6 Å². The maximum atomic E-state index is 13.0. The number of hydrogen-bond donors (Lipinski definition) is 2. The van der Waals surface area contributed by atoms with Crippen LogP contribution in [0.1, 0.15) is 37.4 Å². The lowest BCUT2D eigenvalue weighted by Crippen LogP contribution is -2.45. The van der Waals surface area contributed by atoms with E-state index in [1.165, 1.54) is 0 Å². The maximum absolute atomic E-state index is 13.0. The van der Waals surface area contributed by atoms with Gasteiger partial charge in [0.05, 0.1) is 23.3 Å². The highest BCUT2D eigenvalue weighted by atomic mass is 32.1. The quantitative estimate of drug-likeness (QED) is 0.722. The minimum Gasteiger partial charge on any atom is -0.366 e. The molecule has 2 aromatic heterocycles. The van der Waals surface area contributed by atoms with Crippen LogP contribution in [0.2, 0.25) is 0 Å². The van der Waals surface area contributed by atoms with Crippen LogP contribution in [0.3, 0.4) is 0 Å². The predicted molar refractivity (Wildman–Crippen MR) is 118 cm³/mol. The summed E-state index contributed by atoms with van der Waals surface area (Å²) in [6.45, 7) is 4.91. The van der Waals surface area contributed by atoms with Crippen molar-refractivity contribution in [2.75, 3.05) is 22.6 Å². The highest BCUT2D eigenvalue weighted by Gasteiger charge is 2.45. The van der Waals surface area contributed by atoms with Crippen LogP contribution < -0.4 is 15.5 Å². The van der Waals surface area contributed by atoms with Gasteiger partial charge in [-0.3, -0.25) is 9.48 Å². The molecule has 0 unspecified atom stereocenters. The molecule has 2 aliphatic rings. The molecule has 1 fully saturated rings. The predicted octanol–water partition coefficient (Wildman–Crippen LogP) is 3.52. The number of fused-ring (bicyclic) bond motifs is 1. The molecular formula is C20H28F2N6OS. The summed E-state index contributed by atoms with van der Waals surface area (Å²) >= 11 is 0. The number of pyridine rings is 1. The Bertz CT molecular complexity index is 926. The van der Waals surface area contributed by atoms with Crippen LogP contribution in [0, 0.1) is 12.8 Å². The van der Waals surface area contributed by atoms with Crippen molar-refractivity contribution in [1.29, 1.82) is 0 Å². The third-order valence-corrected chi connectivity index (χ3v) is 5.74. The van der Waals surface area contributed by atoms with Gasteiger partial charge in [-0.25, -0.2) is 13.8 Å². The maximum Gasteiger partial charge on any atom is 0.248 e.